The lowest BCUT2D eigenvalue weighted by atomic mass is 10.1. The molecular formula is C14H32N2O2. The van der Waals surface area contributed by atoms with Crippen molar-refractivity contribution in [3.63, 3.8) is 0 Å². The van der Waals surface area contributed by atoms with E-state index < -0.39 is 11.2 Å². The molecular weight excluding hydrogens is 228 g/mol. The highest BCUT2D eigenvalue weighted by molar-refractivity contribution is 4.74. The lowest BCUT2D eigenvalue weighted by Gasteiger charge is -2.31. The molecule has 0 aliphatic carbocycles. The maximum Gasteiger partial charge on any atom is 0.0718 e. The van der Waals surface area contributed by atoms with Gasteiger partial charge in [0.2, 0.25) is 0 Å². The van der Waals surface area contributed by atoms with Crippen molar-refractivity contribution in [2.24, 2.45) is 5.92 Å². The van der Waals surface area contributed by atoms with Crippen molar-refractivity contribution < 1.29 is 10.2 Å². The molecule has 0 radical (unpaired) electrons. The molecule has 0 spiro atoms. The number of hydrogen-bond donors (Lipinski definition) is 2. The SMILES string of the molecule is CC(CN(C)CC(C)(C)O)CN(C)CC(C)(C)O. The van der Waals surface area contributed by atoms with E-state index in [9.17, 15) is 10.2 Å². The highest BCUT2D eigenvalue weighted by atomic mass is 16.3. The topological polar surface area (TPSA) is 46.9 Å². The number of nitrogens with zero attached hydrogens (tertiary/aromatic N) is 2. The Morgan fingerprint density at radius 2 is 1.11 bits per heavy atom. The van der Waals surface area contributed by atoms with Gasteiger partial charge >= 0.3 is 0 Å². The summed E-state index contributed by atoms with van der Waals surface area (Å²) in [6, 6.07) is 0. The third-order valence-corrected chi connectivity index (χ3v) is 2.56. The zero-order valence-electron chi connectivity index (χ0n) is 13.2. The van der Waals surface area contributed by atoms with Gasteiger partial charge in [0, 0.05) is 26.2 Å². The molecule has 0 aromatic rings. The second-order valence-electron chi connectivity index (χ2n) is 7.12. The highest BCUT2D eigenvalue weighted by Gasteiger charge is 2.19. The lowest BCUT2D eigenvalue weighted by Crippen LogP contribution is -2.42. The first-order valence-electron chi connectivity index (χ1n) is 6.71. The summed E-state index contributed by atoms with van der Waals surface area (Å²) in [5.74, 6) is 0.504. The van der Waals surface area contributed by atoms with Crippen LogP contribution >= 0.6 is 0 Å². The van der Waals surface area contributed by atoms with E-state index >= 15 is 0 Å². The molecule has 0 saturated carbocycles. The van der Waals surface area contributed by atoms with Gasteiger partial charge in [-0.1, -0.05) is 6.92 Å². The van der Waals surface area contributed by atoms with E-state index in [4.69, 9.17) is 0 Å². The standard InChI is InChI=1S/C14H32N2O2/c1-12(8-15(6)10-13(2,3)17)9-16(7)11-14(4,5)18/h12,17-18H,8-11H2,1-7H3. The van der Waals surface area contributed by atoms with Gasteiger partial charge in [-0.2, -0.15) is 0 Å². The maximum atomic E-state index is 9.75. The van der Waals surface area contributed by atoms with Crippen LogP contribution in [0.15, 0.2) is 0 Å². The third kappa shape index (κ3) is 11.0. The first-order chi connectivity index (χ1) is 7.89. The molecule has 0 aliphatic rings. The van der Waals surface area contributed by atoms with Crippen LogP contribution in [-0.4, -0.2) is 71.5 Å². The van der Waals surface area contributed by atoms with Crippen LogP contribution < -0.4 is 0 Å². The second kappa shape index (κ2) is 6.85. The van der Waals surface area contributed by atoms with Gasteiger partial charge in [-0.25, -0.2) is 0 Å². The van der Waals surface area contributed by atoms with Crippen LogP contribution in [0, 0.1) is 5.92 Å². The van der Waals surface area contributed by atoms with Gasteiger partial charge < -0.3 is 20.0 Å². The van der Waals surface area contributed by atoms with Crippen LogP contribution in [0.3, 0.4) is 0 Å². The molecule has 0 amide bonds. The quantitative estimate of drug-likeness (QED) is 0.684. The Hall–Kier alpha value is -0.160. The molecule has 2 N–H and O–H groups in total. The molecule has 0 heterocycles. The average molecular weight is 260 g/mol. The van der Waals surface area contributed by atoms with Gasteiger partial charge in [-0.05, 0) is 47.7 Å². The maximum absolute atomic E-state index is 9.75. The minimum Gasteiger partial charge on any atom is -0.389 e. The summed E-state index contributed by atoms with van der Waals surface area (Å²) < 4.78 is 0. The minimum atomic E-state index is -0.645. The van der Waals surface area contributed by atoms with Crippen LogP contribution in [0.2, 0.25) is 0 Å². The van der Waals surface area contributed by atoms with E-state index in [2.05, 4.69) is 16.7 Å². The van der Waals surface area contributed by atoms with Crippen LogP contribution in [0.5, 0.6) is 0 Å². The van der Waals surface area contributed by atoms with Gasteiger partial charge in [-0.15, -0.1) is 0 Å². The Kier molecular flexibility index (Phi) is 6.79. The summed E-state index contributed by atoms with van der Waals surface area (Å²) in [6.45, 7) is 12.7. The molecule has 0 aliphatic heterocycles. The second-order valence-corrected chi connectivity index (χ2v) is 7.12. The molecule has 0 unspecified atom stereocenters. The number of hydrogen-bond acceptors (Lipinski definition) is 4. The van der Waals surface area contributed by atoms with Gasteiger partial charge in [0.1, 0.15) is 0 Å². The Morgan fingerprint density at radius 1 is 0.833 bits per heavy atom. The molecule has 0 aromatic heterocycles. The van der Waals surface area contributed by atoms with Crippen molar-refractivity contribution in [3.05, 3.63) is 0 Å². The van der Waals surface area contributed by atoms with Crippen molar-refractivity contribution in [3.8, 4) is 0 Å². The van der Waals surface area contributed by atoms with Crippen molar-refractivity contribution in [1.82, 2.24) is 9.80 Å². The Labute approximate surface area is 113 Å². The average Bonchev–Trinajstić information content (AvgIpc) is 1.92. The zero-order chi connectivity index (χ0) is 14.6. The molecule has 0 rings (SSSR count). The smallest absolute Gasteiger partial charge is 0.0718 e. The summed E-state index contributed by atoms with van der Waals surface area (Å²) >= 11 is 0. The molecule has 4 heteroatoms. The largest absolute Gasteiger partial charge is 0.389 e. The molecule has 0 saturated heterocycles. The molecule has 18 heavy (non-hydrogen) atoms. The van der Waals surface area contributed by atoms with Crippen molar-refractivity contribution in [2.45, 2.75) is 45.8 Å². The minimum absolute atomic E-state index is 0.504. The molecule has 0 aromatic carbocycles. The number of aliphatic hydroxyl groups is 2. The van der Waals surface area contributed by atoms with Gasteiger partial charge in [0.15, 0.2) is 0 Å². The molecule has 0 bridgehead atoms. The molecule has 110 valence electrons. The first kappa shape index (κ1) is 17.8. The van der Waals surface area contributed by atoms with Gasteiger partial charge in [-0.3, -0.25) is 0 Å². The fourth-order valence-corrected chi connectivity index (χ4v) is 2.57. The van der Waals surface area contributed by atoms with Crippen molar-refractivity contribution >= 4 is 0 Å². The molecule has 4 nitrogen and oxygen atoms in total. The van der Waals surface area contributed by atoms with Crippen LogP contribution in [-0.2, 0) is 0 Å². The number of likely N-dealkylation sites (N-methyl/N-ethyl adjacent to an activating group) is 2. The summed E-state index contributed by atoms with van der Waals surface area (Å²) in [6.07, 6.45) is 0. The van der Waals surface area contributed by atoms with Crippen molar-refractivity contribution in [1.29, 1.82) is 0 Å². The fraction of sp³-hybridized carbons (Fsp3) is 1.00. The summed E-state index contributed by atoms with van der Waals surface area (Å²) in [7, 11) is 4.06. The monoisotopic (exact) mass is 260 g/mol. The zero-order valence-corrected chi connectivity index (χ0v) is 13.2. The van der Waals surface area contributed by atoms with Gasteiger partial charge in [0.25, 0.3) is 0 Å². The lowest BCUT2D eigenvalue weighted by molar-refractivity contribution is 0.0301. The van der Waals surface area contributed by atoms with Crippen LogP contribution in [0.4, 0.5) is 0 Å². The van der Waals surface area contributed by atoms with E-state index in [1.807, 2.05) is 41.8 Å². The normalized spacial score (nSPS) is 14.0. The van der Waals surface area contributed by atoms with E-state index in [-0.39, 0.29) is 0 Å². The summed E-state index contributed by atoms with van der Waals surface area (Å²) in [5, 5.41) is 19.5. The fourth-order valence-electron chi connectivity index (χ4n) is 2.57. The summed E-state index contributed by atoms with van der Waals surface area (Å²) in [5.41, 5.74) is -1.29. The Balaban J connectivity index is 4.00. The Bertz CT molecular complexity index is 207. The van der Waals surface area contributed by atoms with E-state index in [1.165, 1.54) is 0 Å². The van der Waals surface area contributed by atoms with Crippen molar-refractivity contribution in [2.75, 3.05) is 40.3 Å². The third-order valence-electron chi connectivity index (χ3n) is 2.56. The highest BCUT2D eigenvalue weighted by Crippen LogP contribution is 2.09. The van der Waals surface area contributed by atoms with Crippen LogP contribution in [0.1, 0.15) is 34.6 Å². The first-order valence-corrected chi connectivity index (χ1v) is 6.71. The Morgan fingerprint density at radius 3 is 1.33 bits per heavy atom. The molecule has 0 atom stereocenters. The van der Waals surface area contributed by atoms with E-state index in [0.717, 1.165) is 13.1 Å². The molecule has 0 fully saturated rings. The van der Waals surface area contributed by atoms with Crippen LogP contribution in [0.25, 0.3) is 0 Å². The van der Waals surface area contributed by atoms with E-state index in [1.54, 1.807) is 0 Å². The predicted octanol–water partition coefficient (Wildman–Crippen LogP) is 1.03. The summed E-state index contributed by atoms with van der Waals surface area (Å²) in [4.78, 5) is 4.31. The predicted molar refractivity (Wildman–Crippen MR) is 76.8 cm³/mol. The number of rotatable bonds is 8. The van der Waals surface area contributed by atoms with Gasteiger partial charge in [0.05, 0.1) is 11.2 Å². The van der Waals surface area contributed by atoms with E-state index in [0.29, 0.717) is 19.0 Å².